The van der Waals surface area contributed by atoms with Crippen LogP contribution in [0.2, 0.25) is 0 Å². The number of hydrogen-bond donors (Lipinski definition) is 1. The monoisotopic (exact) mass is 258 g/mol. The van der Waals surface area contributed by atoms with Crippen molar-refractivity contribution in [2.24, 2.45) is 0 Å². The van der Waals surface area contributed by atoms with E-state index < -0.39 is 0 Å². The molecular formula is C14H18N4O. The maximum Gasteiger partial charge on any atom is 0.187 e. The first kappa shape index (κ1) is 13.3. The molecule has 0 bridgehead atoms. The van der Waals surface area contributed by atoms with Crippen molar-refractivity contribution >= 4 is 5.82 Å². The topological polar surface area (TPSA) is 59.9 Å². The fraction of sp³-hybridized carbons (Fsp3) is 0.357. The van der Waals surface area contributed by atoms with Crippen molar-refractivity contribution in [2.75, 3.05) is 19.0 Å². The summed E-state index contributed by atoms with van der Waals surface area (Å²) in [7, 11) is 1.63. The average Bonchev–Trinajstić information content (AvgIpc) is 2.45. The standard InChI is InChI=1S/C14H18N4O/c1-4-7-15-14-13(19-3)12(17-9-18-14)11-6-5-10(2)16-8-11/h5-6,8-9H,4,7H2,1-3H3,(H,15,17,18). The number of aromatic nitrogens is 3. The summed E-state index contributed by atoms with van der Waals surface area (Å²) in [6, 6.07) is 3.94. The van der Waals surface area contributed by atoms with E-state index in [4.69, 9.17) is 4.74 Å². The smallest absolute Gasteiger partial charge is 0.187 e. The summed E-state index contributed by atoms with van der Waals surface area (Å²) in [6.07, 6.45) is 4.36. The molecule has 0 aromatic carbocycles. The summed E-state index contributed by atoms with van der Waals surface area (Å²) in [5.41, 5.74) is 2.65. The number of anilines is 1. The highest BCUT2D eigenvalue weighted by molar-refractivity contribution is 5.71. The van der Waals surface area contributed by atoms with Gasteiger partial charge in [-0.25, -0.2) is 9.97 Å². The van der Waals surface area contributed by atoms with E-state index in [1.165, 1.54) is 6.33 Å². The average molecular weight is 258 g/mol. The number of methoxy groups -OCH3 is 1. The number of pyridine rings is 1. The molecule has 0 aliphatic carbocycles. The third kappa shape index (κ3) is 2.99. The van der Waals surface area contributed by atoms with Crippen LogP contribution in [0, 0.1) is 6.92 Å². The van der Waals surface area contributed by atoms with Crippen LogP contribution in [-0.2, 0) is 0 Å². The van der Waals surface area contributed by atoms with Crippen molar-refractivity contribution in [3.8, 4) is 17.0 Å². The molecule has 100 valence electrons. The molecule has 2 aromatic rings. The quantitative estimate of drug-likeness (QED) is 0.893. The van der Waals surface area contributed by atoms with Crippen LogP contribution in [0.25, 0.3) is 11.3 Å². The van der Waals surface area contributed by atoms with Gasteiger partial charge in [-0.2, -0.15) is 0 Å². The summed E-state index contributed by atoms with van der Waals surface area (Å²) >= 11 is 0. The van der Waals surface area contributed by atoms with E-state index in [0.29, 0.717) is 5.75 Å². The highest BCUT2D eigenvalue weighted by Crippen LogP contribution is 2.32. The van der Waals surface area contributed by atoms with Gasteiger partial charge in [-0.1, -0.05) is 6.92 Å². The van der Waals surface area contributed by atoms with Gasteiger partial charge in [-0.3, -0.25) is 4.98 Å². The largest absolute Gasteiger partial charge is 0.491 e. The Morgan fingerprint density at radius 2 is 2.05 bits per heavy atom. The van der Waals surface area contributed by atoms with E-state index in [2.05, 4.69) is 27.2 Å². The van der Waals surface area contributed by atoms with Gasteiger partial charge in [0, 0.05) is 24.0 Å². The summed E-state index contributed by atoms with van der Waals surface area (Å²) in [4.78, 5) is 12.8. The number of aryl methyl sites for hydroxylation is 1. The Hall–Kier alpha value is -2.17. The fourth-order valence-corrected chi connectivity index (χ4v) is 1.75. The minimum atomic E-state index is 0.654. The summed E-state index contributed by atoms with van der Waals surface area (Å²) in [5.74, 6) is 1.37. The molecule has 5 heteroatoms. The fourth-order valence-electron chi connectivity index (χ4n) is 1.75. The zero-order valence-electron chi connectivity index (χ0n) is 11.5. The van der Waals surface area contributed by atoms with Gasteiger partial charge < -0.3 is 10.1 Å². The second-order valence-electron chi connectivity index (χ2n) is 4.22. The number of nitrogens with zero attached hydrogens (tertiary/aromatic N) is 3. The molecule has 0 spiro atoms. The van der Waals surface area contributed by atoms with Crippen molar-refractivity contribution in [1.29, 1.82) is 0 Å². The maximum atomic E-state index is 5.44. The van der Waals surface area contributed by atoms with E-state index in [-0.39, 0.29) is 0 Å². The number of nitrogens with one attached hydrogen (secondary N) is 1. The van der Waals surface area contributed by atoms with Crippen molar-refractivity contribution in [3.63, 3.8) is 0 Å². The highest BCUT2D eigenvalue weighted by atomic mass is 16.5. The number of hydrogen-bond acceptors (Lipinski definition) is 5. The van der Waals surface area contributed by atoms with Gasteiger partial charge in [0.15, 0.2) is 11.6 Å². The number of ether oxygens (including phenoxy) is 1. The van der Waals surface area contributed by atoms with Crippen LogP contribution in [-0.4, -0.2) is 28.6 Å². The Labute approximate surface area is 113 Å². The van der Waals surface area contributed by atoms with E-state index in [1.807, 2.05) is 19.1 Å². The zero-order valence-corrected chi connectivity index (χ0v) is 11.5. The molecule has 2 aromatic heterocycles. The Kier molecular flexibility index (Phi) is 4.28. The van der Waals surface area contributed by atoms with E-state index in [0.717, 1.165) is 35.7 Å². The Morgan fingerprint density at radius 1 is 1.21 bits per heavy atom. The molecule has 0 saturated carbocycles. The van der Waals surface area contributed by atoms with E-state index >= 15 is 0 Å². The van der Waals surface area contributed by atoms with Gasteiger partial charge in [0.1, 0.15) is 12.0 Å². The predicted molar refractivity (Wildman–Crippen MR) is 75.3 cm³/mol. The minimum Gasteiger partial charge on any atom is -0.491 e. The lowest BCUT2D eigenvalue weighted by Crippen LogP contribution is -2.06. The maximum absolute atomic E-state index is 5.44. The van der Waals surface area contributed by atoms with Crippen molar-refractivity contribution in [2.45, 2.75) is 20.3 Å². The van der Waals surface area contributed by atoms with Gasteiger partial charge in [0.05, 0.1) is 7.11 Å². The second kappa shape index (κ2) is 6.13. The molecule has 0 unspecified atom stereocenters. The first-order valence-corrected chi connectivity index (χ1v) is 6.32. The Bertz CT molecular complexity index is 540. The van der Waals surface area contributed by atoms with E-state index in [9.17, 15) is 0 Å². The Morgan fingerprint density at radius 3 is 2.68 bits per heavy atom. The predicted octanol–water partition coefficient (Wildman–Crippen LogP) is 2.68. The first-order valence-electron chi connectivity index (χ1n) is 6.32. The van der Waals surface area contributed by atoms with E-state index in [1.54, 1.807) is 13.3 Å². The van der Waals surface area contributed by atoms with Crippen LogP contribution in [0.3, 0.4) is 0 Å². The zero-order chi connectivity index (χ0) is 13.7. The lowest BCUT2D eigenvalue weighted by molar-refractivity contribution is 0.414. The van der Waals surface area contributed by atoms with Crippen molar-refractivity contribution in [1.82, 2.24) is 15.0 Å². The molecule has 0 fully saturated rings. The summed E-state index contributed by atoms with van der Waals surface area (Å²) in [6.45, 7) is 4.90. The van der Waals surface area contributed by atoms with Gasteiger partial charge in [0.2, 0.25) is 0 Å². The molecule has 5 nitrogen and oxygen atoms in total. The van der Waals surface area contributed by atoms with Crippen LogP contribution < -0.4 is 10.1 Å². The lowest BCUT2D eigenvalue weighted by atomic mass is 10.1. The van der Waals surface area contributed by atoms with Gasteiger partial charge >= 0.3 is 0 Å². The van der Waals surface area contributed by atoms with Crippen LogP contribution in [0.4, 0.5) is 5.82 Å². The van der Waals surface area contributed by atoms with Crippen LogP contribution in [0.5, 0.6) is 5.75 Å². The van der Waals surface area contributed by atoms with Crippen LogP contribution in [0.15, 0.2) is 24.7 Å². The molecule has 0 aliphatic rings. The highest BCUT2D eigenvalue weighted by Gasteiger charge is 2.13. The second-order valence-corrected chi connectivity index (χ2v) is 4.22. The molecule has 0 amide bonds. The molecule has 19 heavy (non-hydrogen) atoms. The van der Waals surface area contributed by atoms with Gasteiger partial charge in [-0.05, 0) is 25.5 Å². The van der Waals surface area contributed by atoms with Gasteiger partial charge in [-0.15, -0.1) is 0 Å². The van der Waals surface area contributed by atoms with Crippen molar-refractivity contribution in [3.05, 3.63) is 30.4 Å². The van der Waals surface area contributed by atoms with Gasteiger partial charge in [0.25, 0.3) is 0 Å². The third-order valence-electron chi connectivity index (χ3n) is 2.74. The van der Waals surface area contributed by atoms with Crippen LogP contribution >= 0.6 is 0 Å². The lowest BCUT2D eigenvalue weighted by Gasteiger charge is -2.12. The Balaban J connectivity index is 2.42. The molecule has 0 saturated heterocycles. The molecule has 1 N–H and O–H groups in total. The summed E-state index contributed by atoms with van der Waals surface area (Å²) in [5, 5.41) is 3.24. The first-order chi connectivity index (χ1) is 9.26. The summed E-state index contributed by atoms with van der Waals surface area (Å²) < 4.78 is 5.44. The molecule has 0 aliphatic heterocycles. The number of rotatable bonds is 5. The molecule has 2 heterocycles. The molecular weight excluding hydrogens is 240 g/mol. The van der Waals surface area contributed by atoms with Crippen molar-refractivity contribution < 1.29 is 4.74 Å². The normalized spacial score (nSPS) is 10.3. The van der Waals surface area contributed by atoms with Crippen LogP contribution in [0.1, 0.15) is 19.0 Å². The molecule has 0 radical (unpaired) electrons. The third-order valence-corrected chi connectivity index (χ3v) is 2.74. The SMILES string of the molecule is CCCNc1ncnc(-c2ccc(C)nc2)c1OC. The minimum absolute atomic E-state index is 0.654. The molecule has 2 rings (SSSR count). The molecule has 0 atom stereocenters.